The van der Waals surface area contributed by atoms with Crippen molar-refractivity contribution in [1.29, 1.82) is 0 Å². The Balaban J connectivity index is 1.64. The standard InChI is InChI=1S/C16H21N5O3/c1-10-14(15-17-11(2)19-24-15)21(7-8-23-10)16(22)12-9-20-6-4-3-5-13(20)18-12/h9-10,14H,3-8H2,1-2H3/t10-,14+/m1/s1. The molecule has 0 radical (unpaired) electrons. The van der Waals surface area contributed by atoms with Crippen molar-refractivity contribution in [1.82, 2.24) is 24.6 Å². The molecule has 4 heterocycles. The Morgan fingerprint density at radius 2 is 2.17 bits per heavy atom. The van der Waals surface area contributed by atoms with E-state index >= 15 is 0 Å². The van der Waals surface area contributed by atoms with E-state index in [-0.39, 0.29) is 18.1 Å². The molecule has 8 nitrogen and oxygen atoms in total. The molecule has 2 aliphatic rings. The number of morpholine rings is 1. The zero-order valence-corrected chi connectivity index (χ0v) is 13.9. The van der Waals surface area contributed by atoms with Gasteiger partial charge in [0.05, 0.1) is 12.7 Å². The van der Waals surface area contributed by atoms with E-state index in [0.717, 1.165) is 31.6 Å². The number of imidazole rings is 1. The Morgan fingerprint density at radius 1 is 1.29 bits per heavy atom. The van der Waals surface area contributed by atoms with Gasteiger partial charge in [0.2, 0.25) is 0 Å². The molecule has 4 rings (SSSR count). The van der Waals surface area contributed by atoms with Crippen LogP contribution in [0.2, 0.25) is 0 Å². The Bertz CT molecular complexity index is 729. The summed E-state index contributed by atoms with van der Waals surface area (Å²) >= 11 is 0. The quantitative estimate of drug-likeness (QED) is 0.829. The topological polar surface area (TPSA) is 86.3 Å². The van der Waals surface area contributed by atoms with Gasteiger partial charge in [0, 0.05) is 25.7 Å². The molecule has 2 aromatic rings. The number of hydrogen-bond acceptors (Lipinski definition) is 6. The number of carbonyl (C=O) groups excluding carboxylic acids is 1. The van der Waals surface area contributed by atoms with Gasteiger partial charge in [-0.15, -0.1) is 0 Å². The second kappa shape index (κ2) is 6.01. The largest absolute Gasteiger partial charge is 0.374 e. The van der Waals surface area contributed by atoms with Crippen LogP contribution < -0.4 is 0 Å². The lowest BCUT2D eigenvalue weighted by Crippen LogP contribution is -2.47. The molecule has 0 saturated carbocycles. The molecule has 2 atom stereocenters. The van der Waals surface area contributed by atoms with Crippen molar-refractivity contribution in [2.24, 2.45) is 0 Å². The van der Waals surface area contributed by atoms with Crippen molar-refractivity contribution in [3.8, 4) is 0 Å². The second-order valence-electron chi connectivity index (χ2n) is 6.39. The summed E-state index contributed by atoms with van der Waals surface area (Å²) in [4.78, 5) is 23.7. The molecule has 1 fully saturated rings. The second-order valence-corrected chi connectivity index (χ2v) is 6.39. The SMILES string of the molecule is Cc1noc([C@@H]2[C@@H](C)OCCN2C(=O)c2cn3c(n2)CCCC3)n1. The molecular weight excluding hydrogens is 310 g/mol. The van der Waals surface area contributed by atoms with Gasteiger partial charge in [0.1, 0.15) is 17.6 Å². The van der Waals surface area contributed by atoms with Crippen molar-refractivity contribution < 1.29 is 14.1 Å². The number of aromatic nitrogens is 4. The van der Waals surface area contributed by atoms with E-state index in [4.69, 9.17) is 9.26 Å². The number of hydrogen-bond donors (Lipinski definition) is 0. The first-order chi connectivity index (χ1) is 11.6. The lowest BCUT2D eigenvalue weighted by molar-refractivity contribution is -0.0602. The summed E-state index contributed by atoms with van der Waals surface area (Å²) in [6.07, 6.45) is 4.85. The van der Waals surface area contributed by atoms with E-state index < -0.39 is 0 Å². The molecule has 128 valence electrons. The van der Waals surface area contributed by atoms with E-state index in [1.54, 1.807) is 11.8 Å². The normalized spacial score (nSPS) is 24.0. The van der Waals surface area contributed by atoms with Gasteiger partial charge in [-0.1, -0.05) is 5.16 Å². The number of carbonyl (C=O) groups is 1. The Kier molecular flexibility index (Phi) is 3.84. The summed E-state index contributed by atoms with van der Waals surface area (Å²) in [6.45, 7) is 5.59. The van der Waals surface area contributed by atoms with Crippen molar-refractivity contribution >= 4 is 5.91 Å². The zero-order chi connectivity index (χ0) is 16.7. The maximum absolute atomic E-state index is 13.1. The molecule has 2 aliphatic heterocycles. The molecule has 8 heteroatoms. The van der Waals surface area contributed by atoms with Gasteiger partial charge in [-0.05, 0) is 26.7 Å². The molecule has 1 saturated heterocycles. The maximum atomic E-state index is 13.1. The summed E-state index contributed by atoms with van der Waals surface area (Å²) in [5.74, 6) is 1.86. The summed E-state index contributed by atoms with van der Waals surface area (Å²) in [5, 5.41) is 3.85. The van der Waals surface area contributed by atoms with Crippen LogP contribution in [0.15, 0.2) is 10.7 Å². The highest BCUT2D eigenvalue weighted by molar-refractivity contribution is 5.92. The van der Waals surface area contributed by atoms with Gasteiger partial charge in [0.25, 0.3) is 11.8 Å². The highest BCUT2D eigenvalue weighted by Gasteiger charge is 2.39. The summed E-state index contributed by atoms with van der Waals surface area (Å²) in [5.41, 5.74) is 0.488. The number of rotatable bonds is 2. The summed E-state index contributed by atoms with van der Waals surface area (Å²) in [6, 6.07) is -0.383. The van der Waals surface area contributed by atoms with Crippen LogP contribution in [0.4, 0.5) is 0 Å². The Morgan fingerprint density at radius 3 is 2.92 bits per heavy atom. The minimum atomic E-state index is -0.383. The first-order valence-electron chi connectivity index (χ1n) is 8.42. The van der Waals surface area contributed by atoms with Gasteiger partial charge >= 0.3 is 0 Å². The number of ether oxygens (including phenoxy) is 1. The van der Waals surface area contributed by atoms with Crippen molar-refractivity contribution in [3.63, 3.8) is 0 Å². The third-order valence-corrected chi connectivity index (χ3v) is 4.68. The molecule has 24 heavy (non-hydrogen) atoms. The van der Waals surface area contributed by atoms with E-state index in [2.05, 4.69) is 19.7 Å². The highest BCUT2D eigenvalue weighted by atomic mass is 16.5. The van der Waals surface area contributed by atoms with E-state index in [9.17, 15) is 4.79 Å². The van der Waals surface area contributed by atoms with Crippen molar-refractivity contribution in [2.45, 2.75) is 51.8 Å². The van der Waals surface area contributed by atoms with E-state index in [1.807, 2.05) is 13.1 Å². The predicted molar refractivity (Wildman–Crippen MR) is 83.4 cm³/mol. The monoisotopic (exact) mass is 331 g/mol. The van der Waals surface area contributed by atoms with Gasteiger partial charge in [-0.2, -0.15) is 4.98 Å². The number of amides is 1. The zero-order valence-electron chi connectivity index (χ0n) is 13.9. The van der Waals surface area contributed by atoms with Crippen molar-refractivity contribution in [2.75, 3.05) is 13.2 Å². The molecule has 0 N–H and O–H groups in total. The van der Waals surface area contributed by atoms with Crippen LogP contribution in [0, 0.1) is 6.92 Å². The number of nitrogens with zero attached hydrogens (tertiary/aromatic N) is 5. The highest BCUT2D eigenvalue weighted by Crippen LogP contribution is 2.30. The minimum Gasteiger partial charge on any atom is -0.374 e. The summed E-state index contributed by atoms with van der Waals surface area (Å²) < 4.78 is 13.1. The predicted octanol–water partition coefficient (Wildman–Crippen LogP) is 1.51. The van der Waals surface area contributed by atoms with Crippen LogP contribution in [-0.4, -0.2) is 49.8 Å². The van der Waals surface area contributed by atoms with Crippen LogP contribution in [0.25, 0.3) is 0 Å². The fraction of sp³-hybridized carbons (Fsp3) is 0.625. The average Bonchev–Trinajstić information content (AvgIpc) is 3.20. The fourth-order valence-electron chi connectivity index (χ4n) is 3.48. The van der Waals surface area contributed by atoms with Crippen LogP contribution in [0.1, 0.15) is 53.8 Å². The molecule has 1 amide bonds. The molecule has 0 aliphatic carbocycles. The lowest BCUT2D eigenvalue weighted by Gasteiger charge is -2.37. The fourth-order valence-corrected chi connectivity index (χ4v) is 3.48. The van der Waals surface area contributed by atoms with Crippen LogP contribution in [0.5, 0.6) is 0 Å². The molecule has 0 aromatic carbocycles. The molecular formula is C16H21N5O3. The lowest BCUT2D eigenvalue weighted by atomic mass is 10.1. The number of fused-ring (bicyclic) bond motifs is 1. The first kappa shape index (κ1) is 15.3. The van der Waals surface area contributed by atoms with Crippen LogP contribution in [0.3, 0.4) is 0 Å². The van der Waals surface area contributed by atoms with Crippen LogP contribution >= 0.6 is 0 Å². The third-order valence-electron chi connectivity index (χ3n) is 4.68. The number of aryl methyl sites for hydroxylation is 3. The van der Waals surface area contributed by atoms with Gasteiger partial charge < -0.3 is 18.7 Å². The van der Waals surface area contributed by atoms with E-state index in [1.165, 1.54) is 0 Å². The summed E-state index contributed by atoms with van der Waals surface area (Å²) in [7, 11) is 0. The van der Waals surface area contributed by atoms with Gasteiger partial charge in [-0.25, -0.2) is 4.98 Å². The minimum absolute atomic E-state index is 0.104. The Labute approximate surface area is 139 Å². The molecule has 0 bridgehead atoms. The third kappa shape index (κ3) is 2.60. The maximum Gasteiger partial charge on any atom is 0.274 e. The first-order valence-corrected chi connectivity index (χ1v) is 8.42. The van der Waals surface area contributed by atoms with Crippen LogP contribution in [-0.2, 0) is 17.7 Å². The van der Waals surface area contributed by atoms with Gasteiger partial charge in [0.15, 0.2) is 5.82 Å². The molecule has 0 spiro atoms. The average molecular weight is 331 g/mol. The smallest absolute Gasteiger partial charge is 0.274 e. The molecule has 0 unspecified atom stereocenters. The van der Waals surface area contributed by atoms with Crippen molar-refractivity contribution in [3.05, 3.63) is 29.4 Å². The molecule has 2 aromatic heterocycles. The van der Waals surface area contributed by atoms with Gasteiger partial charge in [-0.3, -0.25) is 4.79 Å². The van der Waals surface area contributed by atoms with E-state index in [0.29, 0.717) is 30.6 Å². The Hall–Kier alpha value is -2.22.